The number of hydrogen-bond acceptors (Lipinski definition) is 5. The van der Waals surface area contributed by atoms with Gasteiger partial charge in [0.25, 0.3) is 0 Å². The van der Waals surface area contributed by atoms with Gasteiger partial charge in [0, 0.05) is 7.05 Å². The van der Waals surface area contributed by atoms with Crippen LogP contribution in [0.25, 0.3) is 0 Å². The molecule has 1 N–H and O–H groups in total. The maximum Gasteiger partial charge on any atom is 0.227 e. The lowest BCUT2D eigenvalue weighted by Crippen LogP contribution is -2.03. The molecule has 0 fully saturated rings. The second kappa shape index (κ2) is 6.75. The summed E-state index contributed by atoms with van der Waals surface area (Å²) in [6.07, 6.45) is 3.33. The molecule has 20 heavy (non-hydrogen) atoms. The van der Waals surface area contributed by atoms with Crippen LogP contribution in [0.4, 0.5) is 5.82 Å². The van der Waals surface area contributed by atoms with Crippen LogP contribution in [0, 0.1) is 0 Å². The minimum atomic E-state index is 0.565. The molecule has 0 bridgehead atoms. The lowest BCUT2D eigenvalue weighted by atomic mass is 10.1. The molecule has 1 aromatic heterocycles. The molecule has 1 aromatic carbocycles. The minimum absolute atomic E-state index is 0.565. The number of ether oxygens (including phenoxy) is 2. The number of hydrogen-bond donors (Lipinski definition) is 1. The first-order valence-electron chi connectivity index (χ1n) is 6.62. The van der Waals surface area contributed by atoms with Gasteiger partial charge < -0.3 is 14.8 Å². The first-order valence-corrected chi connectivity index (χ1v) is 6.62. The van der Waals surface area contributed by atoms with Crippen LogP contribution in [-0.2, 0) is 6.42 Å². The van der Waals surface area contributed by atoms with Gasteiger partial charge in [0.1, 0.15) is 12.1 Å². The van der Waals surface area contributed by atoms with E-state index in [9.17, 15) is 0 Å². The summed E-state index contributed by atoms with van der Waals surface area (Å²) in [4.78, 5) is 8.47. The summed E-state index contributed by atoms with van der Waals surface area (Å²) in [6, 6.07) is 7.51. The Labute approximate surface area is 119 Å². The average molecular weight is 273 g/mol. The molecule has 2 rings (SSSR count). The molecule has 0 radical (unpaired) electrons. The van der Waals surface area contributed by atoms with Crippen molar-refractivity contribution < 1.29 is 9.47 Å². The van der Waals surface area contributed by atoms with Crippen LogP contribution >= 0.6 is 0 Å². The second-order valence-electron chi connectivity index (χ2n) is 4.26. The highest BCUT2D eigenvalue weighted by atomic mass is 16.5. The summed E-state index contributed by atoms with van der Waals surface area (Å²) in [5, 5.41) is 3.07. The Morgan fingerprint density at radius 2 is 1.90 bits per heavy atom. The third kappa shape index (κ3) is 2.99. The van der Waals surface area contributed by atoms with Gasteiger partial charge >= 0.3 is 0 Å². The van der Waals surface area contributed by atoms with Crippen molar-refractivity contribution in [1.29, 1.82) is 0 Å². The molecule has 0 unspecified atom stereocenters. The fraction of sp³-hybridized carbons (Fsp3) is 0.333. The number of nitrogens with zero attached hydrogens (tertiary/aromatic N) is 2. The highest BCUT2D eigenvalue weighted by molar-refractivity contribution is 5.50. The third-order valence-corrected chi connectivity index (χ3v) is 2.92. The van der Waals surface area contributed by atoms with Gasteiger partial charge in [-0.3, -0.25) is 0 Å². The molecule has 106 valence electrons. The predicted molar refractivity (Wildman–Crippen MR) is 78.6 cm³/mol. The first kappa shape index (κ1) is 14.1. The zero-order valence-corrected chi connectivity index (χ0v) is 12.0. The topological polar surface area (TPSA) is 56.3 Å². The summed E-state index contributed by atoms with van der Waals surface area (Å²) < 4.78 is 11.2. The van der Waals surface area contributed by atoms with Crippen molar-refractivity contribution in [2.45, 2.75) is 19.8 Å². The van der Waals surface area contributed by atoms with Gasteiger partial charge in [-0.1, -0.05) is 25.5 Å². The van der Waals surface area contributed by atoms with Crippen LogP contribution in [0.15, 0.2) is 30.6 Å². The van der Waals surface area contributed by atoms with Gasteiger partial charge in [-0.15, -0.1) is 0 Å². The Morgan fingerprint density at radius 3 is 2.55 bits per heavy atom. The molecule has 5 heteroatoms. The van der Waals surface area contributed by atoms with Crippen LogP contribution < -0.4 is 14.8 Å². The quantitative estimate of drug-likeness (QED) is 0.875. The van der Waals surface area contributed by atoms with E-state index >= 15 is 0 Å². The van der Waals surface area contributed by atoms with E-state index in [-0.39, 0.29) is 0 Å². The van der Waals surface area contributed by atoms with Crippen LogP contribution in [0.3, 0.4) is 0 Å². The lowest BCUT2D eigenvalue weighted by Gasteiger charge is -2.14. The van der Waals surface area contributed by atoms with Crippen LogP contribution in [0.2, 0.25) is 0 Å². The van der Waals surface area contributed by atoms with Crippen molar-refractivity contribution in [1.82, 2.24) is 9.97 Å². The maximum absolute atomic E-state index is 5.91. The number of para-hydroxylation sites is 2. The monoisotopic (exact) mass is 273 g/mol. The molecule has 0 amide bonds. The summed E-state index contributed by atoms with van der Waals surface area (Å²) in [5.74, 6) is 2.69. The van der Waals surface area contributed by atoms with Crippen molar-refractivity contribution in [2.24, 2.45) is 0 Å². The SMILES string of the molecule is CCCc1c(NC)ncnc1Oc1ccccc1OC. The number of anilines is 1. The minimum Gasteiger partial charge on any atom is -0.493 e. The number of rotatable bonds is 6. The van der Waals surface area contributed by atoms with E-state index in [0.717, 1.165) is 24.2 Å². The zero-order chi connectivity index (χ0) is 14.4. The molecule has 0 spiro atoms. The van der Waals surface area contributed by atoms with Gasteiger partial charge in [0.15, 0.2) is 11.5 Å². The molecule has 5 nitrogen and oxygen atoms in total. The van der Waals surface area contributed by atoms with E-state index in [0.29, 0.717) is 17.4 Å². The number of methoxy groups -OCH3 is 1. The van der Waals surface area contributed by atoms with Crippen LogP contribution in [-0.4, -0.2) is 24.1 Å². The Balaban J connectivity index is 2.37. The number of aromatic nitrogens is 2. The van der Waals surface area contributed by atoms with Gasteiger partial charge in [-0.2, -0.15) is 0 Å². The third-order valence-electron chi connectivity index (χ3n) is 2.92. The fourth-order valence-electron chi connectivity index (χ4n) is 1.98. The lowest BCUT2D eigenvalue weighted by molar-refractivity contribution is 0.372. The zero-order valence-electron chi connectivity index (χ0n) is 12.0. The van der Waals surface area contributed by atoms with Crippen LogP contribution in [0.1, 0.15) is 18.9 Å². The van der Waals surface area contributed by atoms with Gasteiger partial charge in [-0.05, 0) is 18.6 Å². The normalized spacial score (nSPS) is 10.2. The van der Waals surface area contributed by atoms with E-state index < -0.39 is 0 Å². The molecular weight excluding hydrogens is 254 g/mol. The Morgan fingerprint density at radius 1 is 1.15 bits per heavy atom. The van der Waals surface area contributed by atoms with Gasteiger partial charge in [0.05, 0.1) is 12.7 Å². The highest BCUT2D eigenvalue weighted by Gasteiger charge is 2.13. The molecule has 0 atom stereocenters. The average Bonchev–Trinajstić information content (AvgIpc) is 2.49. The summed E-state index contributed by atoms with van der Waals surface area (Å²) in [7, 11) is 3.46. The second-order valence-corrected chi connectivity index (χ2v) is 4.26. The standard InChI is InChI=1S/C15H19N3O2/c1-4-7-11-14(16-2)17-10-18-15(11)20-13-9-6-5-8-12(13)19-3/h5-6,8-10H,4,7H2,1-3H3,(H,16,17,18). The molecule has 1 heterocycles. The van der Waals surface area contributed by atoms with Gasteiger partial charge in [-0.25, -0.2) is 9.97 Å². The van der Waals surface area contributed by atoms with Crippen molar-refractivity contribution in [3.63, 3.8) is 0 Å². The molecule has 0 saturated carbocycles. The number of nitrogens with one attached hydrogen (secondary N) is 1. The van der Waals surface area contributed by atoms with Crippen molar-refractivity contribution in [3.8, 4) is 17.4 Å². The number of benzene rings is 1. The smallest absolute Gasteiger partial charge is 0.227 e. The Hall–Kier alpha value is -2.30. The van der Waals surface area contributed by atoms with Crippen molar-refractivity contribution in [3.05, 3.63) is 36.2 Å². The van der Waals surface area contributed by atoms with E-state index in [1.165, 1.54) is 6.33 Å². The predicted octanol–water partition coefficient (Wildman–Crippen LogP) is 3.27. The van der Waals surface area contributed by atoms with E-state index in [4.69, 9.17) is 9.47 Å². The molecule has 0 saturated heterocycles. The summed E-state index contributed by atoms with van der Waals surface area (Å²) in [5.41, 5.74) is 0.975. The molecule has 0 aliphatic rings. The van der Waals surface area contributed by atoms with E-state index in [1.54, 1.807) is 7.11 Å². The maximum atomic E-state index is 5.91. The summed E-state index contributed by atoms with van der Waals surface area (Å²) in [6.45, 7) is 2.11. The first-order chi connectivity index (χ1) is 9.80. The summed E-state index contributed by atoms with van der Waals surface area (Å²) >= 11 is 0. The van der Waals surface area contributed by atoms with E-state index in [1.807, 2.05) is 31.3 Å². The molecule has 2 aromatic rings. The van der Waals surface area contributed by atoms with Crippen LogP contribution in [0.5, 0.6) is 17.4 Å². The van der Waals surface area contributed by atoms with Crippen molar-refractivity contribution in [2.75, 3.05) is 19.5 Å². The largest absolute Gasteiger partial charge is 0.493 e. The highest BCUT2D eigenvalue weighted by Crippen LogP contribution is 2.33. The molecular formula is C15H19N3O2. The Kier molecular flexibility index (Phi) is 4.76. The Bertz CT molecular complexity index is 573. The molecule has 0 aliphatic heterocycles. The fourth-order valence-corrected chi connectivity index (χ4v) is 1.98. The molecule has 0 aliphatic carbocycles. The van der Waals surface area contributed by atoms with E-state index in [2.05, 4.69) is 22.2 Å². The van der Waals surface area contributed by atoms with Crippen molar-refractivity contribution >= 4 is 5.82 Å². The van der Waals surface area contributed by atoms with Gasteiger partial charge in [0.2, 0.25) is 5.88 Å².